The number of furan rings is 1. The predicted molar refractivity (Wildman–Crippen MR) is 196 cm³/mol. The third-order valence-corrected chi connectivity index (χ3v) is 9.63. The van der Waals surface area contributed by atoms with Gasteiger partial charge in [0.25, 0.3) is 0 Å². The molecule has 0 radical (unpaired) electrons. The van der Waals surface area contributed by atoms with E-state index in [1.807, 2.05) is 19.1 Å². The van der Waals surface area contributed by atoms with Gasteiger partial charge in [-0.25, -0.2) is 0 Å². The van der Waals surface area contributed by atoms with Gasteiger partial charge in [0.2, 0.25) is 0 Å². The number of hydrogen-bond acceptors (Lipinski definition) is 5. The van der Waals surface area contributed by atoms with Crippen molar-refractivity contribution >= 4 is 66.0 Å². The molecule has 1 aliphatic heterocycles. The standard InChI is InChI=1S/C42H34N4O/c1-2-10-31-35(43)24-34(30-22-21-26-12-5-6-14-29(26)38(30)31)42-45-40(28-20-19-25-11-3-4-13-27(25)23-28)44-41(46-42)33-16-9-18-37-39(33)32-15-7-8-17-36(32)47-37/h2-24,40-42,44-46H,43H2,1H3/b10-2-. The van der Waals surface area contributed by atoms with E-state index in [1.165, 1.54) is 32.3 Å². The van der Waals surface area contributed by atoms with Crippen LogP contribution in [0.15, 0.2) is 138 Å². The van der Waals surface area contributed by atoms with Crippen LogP contribution < -0.4 is 21.7 Å². The van der Waals surface area contributed by atoms with Crippen molar-refractivity contribution in [3.63, 3.8) is 0 Å². The van der Waals surface area contributed by atoms with E-state index in [0.29, 0.717) is 0 Å². The highest BCUT2D eigenvalue weighted by molar-refractivity contribution is 6.14. The number of fused-ring (bicyclic) bond motifs is 7. The molecule has 0 bridgehead atoms. The molecule has 1 saturated heterocycles. The number of para-hydroxylation sites is 1. The largest absolute Gasteiger partial charge is 0.456 e. The molecule has 0 aliphatic carbocycles. The van der Waals surface area contributed by atoms with Crippen LogP contribution in [0, 0.1) is 0 Å². The smallest absolute Gasteiger partial charge is 0.135 e. The number of benzene rings is 7. The van der Waals surface area contributed by atoms with Crippen molar-refractivity contribution in [1.82, 2.24) is 16.0 Å². The molecule has 5 nitrogen and oxygen atoms in total. The zero-order valence-electron chi connectivity index (χ0n) is 26.0. The third-order valence-electron chi connectivity index (χ3n) is 9.63. The first-order chi connectivity index (χ1) is 23.2. The van der Waals surface area contributed by atoms with E-state index in [2.05, 4.69) is 143 Å². The number of nitrogen functional groups attached to an aromatic ring is 1. The summed E-state index contributed by atoms with van der Waals surface area (Å²) in [7, 11) is 0. The Kier molecular flexibility index (Phi) is 6.57. The van der Waals surface area contributed by atoms with E-state index in [-0.39, 0.29) is 18.5 Å². The van der Waals surface area contributed by atoms with Gasteiger partial charge < -0.3 is 10.2 Å². The Bertz CT molecular complexity index is 2510. The van der Waals surface area contributed by atoms with Gasteiger partial charge in [-0.3, -0.25) is 16.0 Å². The van der Waals surface area contributed by atoms with Gasteiger partial charge in [-0.05, 0) is 80.2 Å². The number of rotatable bonds is 4. The lowest BCUT2D eigenvalue weighted by molar-refractivity contribution is 0.205. The van der Waals surface area contributed by atoms with Crippen LogP contribution in [0.4, 0.5) is 5.69 Å². The first-order valence-corrected chi connectivity index (χ1v) is 16.2. The van der Waals surface area contributed by atoms with Gasteiger partial charge in [0.05, 0.1) is 18.5 Å². The molecule has 228 valence electrons. The van der Waals surface area contributed by atoms with Crippen molar-refractivity contribution in [2.75, 3.05) is 5.73 Å². The number of anilines is 1. The molecule has 8 aromatic rings. The molecule has 1 aromatic heterocycles. The molecule has 5 heteroatoms. The first-order valence-electron chi connectivity index (χ1n) is 16.2. The van der Waals surface area contributed by atoms with Gasteiger partial charge in [0, 0.05) is 22.0 Å². The molecule has 1 aliphatic rings. The summed E-state index contributed by atoms with van der Waals surface area (Å²) in [4.78, 5) is 0. The summed E-state index contributed by atoms with van der Waals surface area (Å²) in [6, 6.07) is 45.0. The van der Waals surface area contributed by atoms with Crippen LogP contribution in [-0.2, 0) is 0 Å². The Morgan fingerprint density at radius 2 is 1.23 bits per heavy atom. The van der Waals surface area contributed by atoms with Crippen molar-refractivity contribution in [3.8, 4) is 0 Å². The van der Waals surface area contributed by atoms with Crippen molar-refractivity contribution in [3.05, 3.63) is 156 Å². The van der Waals surface area contributed by atoms with E-state index in [4.69, 9.17) is 10.2 Å². The Hall–Kier alpha value is -5.46. The second-order valence-corrected chi connectivity index (χ2v) is 12.4. The maximum Gasteiger partial charge on any atom is 0.135 e. The van der Waals surface area contributed by atoms with E-state index in [1.54, 1.807) is 0 Å². The molecular formula is C42H34N4O. The van der Waals surface area contributed by atoms with Gasteiger partial charge in [0.15, 0.2) is 0 Å². The zero-order chi connectivity index (χ0) is 31.5. The van der Waals surface area contributed by atoms with Gasteiger partial charge >= 0.3 is 0 Å². The molecular weight excluding hydrogens is 576 g/mol. The van der Waals surface area contributed by atoms with Crippen LogP contribution in [0.3, 0.4) is 0 Å². The summed E-state index contributed by atoms with van der Waals surface area (Å²) in [5.41, 5.74) is 13.9. The topological polar surface area (TPSA) is 75.2 Å². The van der Waals surface area contributed by atoms with Crippen molar-refractivity contribution in [2.24, 2.45) is 0 Å². The number of hydrogen-bond donors (Lipinski definition) is 4. The molecule has 3 atom stereocenters. The minimum absolute atomic E-state index is 0.156. The summed E-state index contributed by atoms with van der Waals surface area (Å²) in [5.74, 6) is 0. The lowest BCUT2D eigenvalue weighted by Crippen LogP contribution is -2.54. The maximum absolute atomic E-state index is 6.91. The second-order valence-electron chi connectivity index (χ2n) is 12.4. The van der Waals surface area contributed by atoms with Gasteiger partial charge in [-0.2, -0.15) is 0 Å². The molecule has 3 unspecified atom stereocenters. The number of allylic oxidation sites excluding steroid dienone is 1. The number of nitrogens with two attached hydrogens (primary N) is 1. The van der Waals surface area contributed by atoms with Crippen LogP contribution in [0.25, 0.3) is 60.3 Å². The van der Waals surface area contributed by atoms with Crippen molar-refractivity contribution < 1.29 is 4.42 Å². The second kappa shape index (κ2) is 11.1. The fourth-order valence-corrected chi connectivity index (χ4v) is 7.48. The Morgan fingerprint density at radius 3 is 2.09 bits per heavy atom. The van der Waals surface area contributed by atoms with Crippen LogP contribution in [0.2, 0.25) is 0 Å². The number of nitrogens with one attached hydrogen (secondary N) is 3. The Balaban J connectivity index is 1.25. The zero-order valence-corrected chi connectivity index (χ0v) is 26.0. The molecule has 0 amide bonds. The normalized spacial score (nSPS) is 18.7. The van der Waals surface area contributed by atoms with Crippen LogP contribution in [-0.4, -0.2) is 0 Å². The molecule has 5 N–H and O–H groups in total. The molecule has 47 heavy (non-hydrogen) atoms. The quantitative estimate of drug-likeness (QED) is 0.118. The minimum atomic E-state index is -0.225. The lowest BCUT2D eigenvalue weighted by atomic mass is 9.91. The molecule has 2 heterocycles. The van der Waals surface area contributed by atoms with Crippen LogP contribution in [0.1, 0.15) is 47.7 Å². The highest BCUT2D eigenvalue weighted by Gasteiger charge is 2.32. The summed E-state index contributed by atoms with van der Waals surface area (Å²) in [5, 5.41) is 21.2. The molecule has 1 fully saturated rings. The van der Waals surface area contributed by atoms with Crippen molar-refractivity contribution in [1.29, 1.82) is 0 Å². The van der Waals surface area contributed by atoms with E-state index in [9.17, 15) is 0 Å². The van der Waals surface area contributed by atoms with E-state index < -0.39 is 0 Å². The summed E-state index contributed by atoms with van der Waals surface area (Å²) >= 11 is 0. The lowest BCUT2D eigenvalue weighted by Gasteiger charge is -2.40. The monoisotopic (exact) mass is 610 g/mol. The van der Waals surface area contributed by atoms with E-state index in [0.717, 1.165) is 49.9 Å². The molecule has 0 saturated carbocycles. The fourth-order valence-electron chi connectivity index (χ4n) is 7.48. The fraction of sp³-hybridized carbons (Fsp3) is 0.0952. The maximum atomic E-state index is 6.91. The summed E-state index contributed by atoms with van der Waals surface area (Å²) in [6.07, 6.45) is 3.61. The van der Waals surface area contributed by atoms with Gasteiger partial charge in [-0.1, -0.05) is 115 Å². The summed E-state index contributed by atoms with van der Waals surface area (Å²) < 4.78 is 6.31. The summed E-state index contributed by atoms with van der Waals surface area (Å²) in [6.45, 7) is 2.04. The minimum Gasteiger partial charge on any atom is -0.456 e. The SMILES string of the molecule is C/C=C\c1c(N)cc(C2NC(c3ccc4ccccc4c3)NC(c3cccc4oc5ccccc5c34)N2)c2ccc3ccccc3c12. The highest BCUT2D eigenvalue weighted by Crippen LogP contribution is 2.40. The highest BCUT2D eigenvalue weighted by atomic mass is 16.3. The average Bonchev–Trinajstić information content (AvgIpc) is 3.51. The Labute approximate surface area is 272 Å². The third kappa shape index (κ3) is 4.59. The molecule has 7 aromatic carbocycles. The molecule has 9 rings (SSSR count). The van der Waals surface area contributed by atoms with Gasteiger partial charge in [0.1, 0.15) is 11.2 Å². The van der Waals surface area contributed by atoms with Gasteiger partial charge in [-0.15, -0.1) is 0 Å². The van der Waals surface area contributed by atoms with Crippen LogP contribution >= 0.6 is 0 Å². The van der Waals surface area contributed by atoms with E-state index >= 15 is 0 Å². The first kappa shape index (κ1) is 27.8. The predicted octanol–water partition coefficient (Wildman–Crippen LogP) is 9.84. The average molecular weight is 611 g/mol. The Morgan fingerprint density at radius 1 is 0.553 bits per heavy atom. The van der Waals surface area contributed by atoms with Crippen molar-refractivity contribution in [2.45, 2.75) is 25.4 Å². The van der Waals surface area contributed by atoms with Crippen LogP contribution in [0.5, 0.6) is 0 Å². The molecule has 0 spiro atoms.